The van der Waals surface area contributed by atoms with E-state index in [2.05, 4.69) is 0 Å². The summed E-state index contributed by atoms with van der Waals surface area (Å²) in [5, 5.41) is 0. The van der Waals surface area contributed by atoms with Crippen molar-refractivity contribution in [3.05, 3.63) is 35.9 Å². The number of carbonyl (C=O) groups is 2. The predicted octanol–water partition coefficient (Wildman–Crippen LogP) is 3.37. The fraction of sp³-hybridized carbons (Fsp3) is 0.636. The lowest BCUT2D eigenvalue weighted by Gasteiger charge is -2.48. The van der Waals surface area contributed by atoms with E-state index in [9.17, 15) is 9.59 Å². The van der Waals surface area contributed by atoms with Crippen molar-refractivity contribution in [1.82, 2.24) is 0 Å². The number of hydrogen-bond acceptors (Lipinski definition) is 6. The van der Waals surface area contributed by atoms with Gasteiger partial charge in [-0.15, -0.1) is 0 Å². The first kappa shape index (κ1) is 22.4. The molecular formula is C22H32O6. The molecule has 2 rings (SSSR count). The van der Waals surface area contributed by atoms with Crippen LogP contribution < -0.4 is 0 Å². The molecule has 0 spiro atoms. The van der Waals surface area contributed by atoms with E-state index in [1.807, 2.05) is 44.2 Å². The lowest BCUT2D eigenvalue weighted by Crippen LogP contribution is -2.57. The molecule has 0 radical (unpaired) electrons. The first-order valence-electron chi connectivity index (χ1n) is 9.68. The van der Waals surface area contributed by atoms with Gasteiger partial charge in [0, 0.05) is 11.8 Å². The zero-order valence-corrected chi connectivity index (χ0v) is 17.6. The van der Waals surface area contributed by atoms with Gasteiger partial charge in [0.2, 0.25) is 0 Å². The fourth-order valence-corrected chi connectivity index (χ4v) is 4.06. The zero-order chi connectivity index (χ0) is 20.9. The van der Waals surface area contributed by atoms with Crippen molar-refractivity contribution in [3.63, 3.8) is 0 Å². The third kappa shape index (κ3) is 4.92. The van der Waals surface area contributed by atoms with Crippen molar-refractivity contribution in [3.8, 4) is 0 Å². The van der Waals surface area contributed by atoms with Crippen molar-refractivity contribution >= 4 is 11.9 Å². The first-order valence-corrected chi connectivity index (χ1v) is 9.68. The standard InChI is InChI=1S/C22H32O6/c1-14-17(12-18(23)25-5)28-20(22(3,4)21(24)26-6)15(2)19(14)27-13-16-10-8-7-9-11-16/h7-11,14-15,17,19-20H,12-13H2,1-6H3/t14-,15+,17+,19-,20+/m0/s1. The SMILES string of the molecule is COC(=O)C[C@H]1O[C@@H](C(C)(C)C(=O)OC)[C@H](C)[C@@H](OCc2ccccc2)[C@H]1C. The molecule has 1 aliphatic heterocycles. The molecule has 1 aromatic rings. The maximum Gasteiger partial charge on any atom is 0.313 e. The van der Waals surface area contributed by atoms with Crippen LogP contribution in [0.3, 0.4) is 0 Å². The van der Waals surface area contributed by atoms with Crippen molar-refractivity contribution < 1.29 is 28.5 Å². The minimum atomic E-state index is -0.878. The minimum Gasteiger partial charge on any atom is -0.469 e. The second-order valence-corrected chi connectivity index (χ2v) is 8.07. The Morgan fingerprint density at radius 2 is 1.68 bits per heavy atom. The van der Waals surface area contributed by atoms with E-state index in [0.29, 0.717) is 6.61 Å². The van der Waals surface area contributed by atoms with E-state index in [0.717, 1.165) is 5.56 Å². The minimum absolute atomic E-state index is 0.0393. The maximum absolute atomic E-state index is 12.4. The molecule has 5 atom stereocenters. The van der Waals surface area contributed by atoms with Gasteiger partial charge in [-0.2, -0.15) is 0 Å². The van der Waals surface area contributed by atoms with Gasteiger partial charge < -0.3 is 18.9 Å². The summed E-state index contributed by atoms with van der Waals surface area (Å²) >= 11 is 0. The Kier molecular flexibility index (Phi) is 7.61. The molecule has 156 valence electrons. The predicted molar refractivity (Wildman–Crippen MR) is 104 cm³/mol. The second kappa shape index (κ2) is 9.52. The van der Waals surface area contributed by atoms with Crippen molar-refractivity contribution in [2.75, 3.05) is 14.2 Å². The molecule has 1 aliphatic rings. The second-order valence-electron chi connectivity index (χ2n) is 8.07. The number of esters is 2. The highest BCUT2D eigenvalue weighted by molar-refractivity contribution is 5.76. The van der Waals surface area contributed by atoms with E-state index in [-0.39, 0.29) is 36.3 Å². The topological polar surface area (TPSA) is 71.1 Å². The summed E-state index contributed by atoms with van der Waals surface area (Å²) in [6, 6.07) is 9.93. The summed E-state index contributed by atoms with van der Waals surface area (Å²) in [7, 11) is 2.73. The molecule has 6 heteroatoms. The number of methoxy groups -OCH3 is 2. The van der Waals surface area contributed by atoms with Crippen LogP contribution in [0.1, 0.15) is 39.7 Å². The van der Waals surface area contributed by atoms with Gasteiger partial charge >= 0.3 is 11.9 Å². The molecule has 1 aromatic carbocycles. The first-order chi connectivity index (χ1) is 13.2. The quantitative estimate of drug-likeness (QED) is 0.663. The third-order valence-corrected chi connectivity index (χ3v) is 5.73. The van der Waals surface area contributed by atoms with E-state index in [1.165, 1.54) is 14.2 Å². The summed E-state index contributed by atoms with van der Waals surface area (Å²) < 4.78 is 22.4. The van der Waals surface area contributed by atoms with E-state index in [1.54, 1.807) is 13.8 Å². The van der Waals surface area contributed by atoms with Gasteiger partial charge in [-0.05, 0) is 19.4 Å². The molecule has 1 saturated heterocycles. The molecule has 6 nitrogen and oxygen atoms in total. The van der Waals surface area contributed by atoms with Crippen LogP contribution in [-0.2, 0) is 35.1 Å². The van der Waals surface area contributed by atoms with E-state index in [4.69, 9.17) is 18.9 Å². The van der Waals surface area contributed by atoms with Crippen LogP contribution in [0.2, 0.25) is 0 Å². The van der Waals surface area contributed by atoms with Gasteiger partial charge in [0.05, 0.1) is 51.0 Å². The summed E-state index contributed by atoms with van der Waals surface area (Å²) in [6.45, 7) is 8.10. The van der Waals surface area contributed by atoms with Crippen LogP contribution in [0, 0.1) is 17.3 Å². The number of carbonyl (C=O) groups excluding carboxylic acids is 2. The highest BCUT2D eigenvalue weighted by Crippen LogP contribution is 2.42. The highest BCUT2D eigenvalue weighted by atomic mass is 16.5. The van der Waals surface area contributed by atoms with Gasteiger partial charge in [0.15, 0.2) is 0 Å². The Labute approximate surface area is 167 Å². The van der Waals surface area contributed by atoms with Crippen LogP contribution in [0.4, 0.5) is 0 Å². The van der Waals surface area contributed by atoms with Gasteiger partial charge in [0.25, 0.3) is 0 Å². The average molecular weight is 392 g/mol. The molecule has 0 N–H and O–H groups in total. The molecule has 0 saturated carbocycles. The van der Waals surface area contributed by atoms with Crippen molar-refractivity contribution in [2.45, 2.75) is 59.0 Å². The third-order valence-electron chi connectivity index (χ3n) is 5.73. The largest absolute Gasteiger partial charge is 0.469 e. The van der Waals surface area contributed by atoms with Gasteiger partial charge in [-0.1, -0.05) is 44.2 Å². The summed E-state index contributed by atoms with van der Waals surface area (Å²) in [5.41, 5.74) is 0.193. The maximum atomic E-state index is 12.4. The van der Waals surface area contributed by atoms with Crippen LogP contribution in [0.15, 0.2) is 30.3 Å². The van der Waals surface area contributed by atoms with Crippen molar-refractivity contribution in [2.24, 2.45) is 17.3 Å². The number of hydrogen-bond donors (Lipinski definition) is 0. The Morgan fingerprint density at radius 1 is 1.04 bits per heavy atom. The molecule has 1 heterocycles. The van der Waals surface area contributed by atoms with Crippen LogP contribution in [0.25, 0.3) is 0 Å². The molecule has 0 amide bonds. The Morgan fingerprint density at radius 3 is 2.25 bits per heavy atom. The normalized spacial score (nSPS) is 27.9. The molecule has 0 aromatic heterocycles. The van der Waals surface area contributed by atoms with Crippen LogP contribution >= 0.6 is 0 Å². The molecule has 1 fully saturated rings. The van der Waals surface area contributed by atoms with Crippen LogP contribution in [-0.4, -0.2) is 44.5 Å². The molecule has 28 heavy (non-hydrogen) atoms. The smallest absolute Gasteiger partial charge is 0.313 e. The number of rotatable bonds is 7. The monoisotopic (exact) mass is 392 g/mol. The number of ether oxygens (including phenoxy) is 4. The molecular weight excluding hydrogens is 360 g/mol. The Bertz CT molecular complexity index is 656. The zero-order valence-electron chi connectivity index (χ0n) is 17.6. The fourth-order valence-electron chi connectivity index (χ4n) is 4.06. The lowest BCUT2D eigenvalue weighted by atomic mass is 9.72. The Hall–Kier alpha value is -1.92. The van der Waals surface area contributed by atoms with Gasteiger partial charge in [-0.3, -0.25) is 9.59 Å². The summed E-state index contributed by atoms with van der Waals surface area (Å²) in [4.78, 5) is 24.3. The van der Waals surface area contributed by atoms with Gasteiger partial charge in [-0.25, -0.2) is 0 Å². The summed E-state index contributed by atoms with van der Waals surface area (Å²) in [6.07, 6.45) is -0.925. The Balaban J connectivity index is 2.26. The van der Waals surface area contributed by atoms with Crippen LogP contribution in [0.5, 0.6) is 0 Å². The van der Waals surface area contributed by atoms with Crippen molar-refractivity contribution in [1.29, 1.82) is 0 Å². The van der Waals surface area contributed by atoms with E-state index < -0.39 is 17.6 Å². The van der Waals surface area contributed by atoms with Gasteiger partial charge in [0.1, 0.15) is 0 Å². The number of benzene rings is 1. The van der Waals surface area contributed by atoms with E-state index >= 15 is 0 Å². The molecule has 0 aliphatic carbocycles. The average Bonchev–Trinajstić information content (AvgIpc) is 2.69. The lowest BCUT2D eigenvalue weighted by molar-refractivity contribution is -0.221. The molecule has 0 unspecified atom stereocenters. The highest BCUT2D eigenvalue weighted by Gasteiger charge is 2.51. The molecule has 0 bridgehead atoms. The summed E-state index contributed by atoms with van der Waals surface area (Å²) in [5.74, 6) is -0.801.